The first-order valence-electron chi connectivity index (χ1n) is 7.40. The van der Waals surface area contributed by atoms with Gasteiger partial charge in [-0.15, -0.1) is 0 Å². The number of anilines is 1. The third-order valence-corrected chi connectivity index (χ3v) is 5.04. The molecule has 21 heavy (non-hydrogen) atoms. The number of imide groups is 1. The van der Waals surface area contributed by atoms with Gasteiger partial charge in [0.25, 0.3) is 11.8 Å². The molecule has 1 aromatic rings. The zero-order valence-electron chi connectivity index (χ0n) is 12.7. The Hall–Kier alpha value is -1.88. The van der Waals surface area contributed by atoms with Crippen LogP contribution in [0.3, 0.4) is 0 Å². The Morgan fingerprint density at radius 1 is 1.14 bits per heavy atom. The van der Waals surface area contributed by atoms with Gasteiger partial charge < -0.3 is 10.6 Å². The normalized spacial score (nSPS) is 29.0. The predicted molar refractivity (Wildman–Crippen MR) is 81.4 cm³/mol. The molecule has 3 atom stereocenters. The molecule has 3 rings (SSSR count). The fourth-order valence-corrected chi connectivity index (χ4v) is 3.29. The van der Waals surface area contributed by atoms with Gasteiger partial charge in [-0.05, 0) is 37.5 Å². The topological polar surface area (TPSA) is 66.6 Å². The van der Waals surface area contributed by atoms with Gasteiger partial charge >= 0.3 is 0 Å². The van der Waals surface area contributed by atoms with Gasteiger partial charge in [0.2, 0.25) is 0 Å². The van der Waals surface area contributed by atoms with Gasteiger partial charge in [-0.2, -0.15) is 0 Å². The summed E-state index contributed by atoms with van der Waals surface area (Å²) in [5.41, 5.74) is 8.13. The smallest absolute Gasteiger partial charge is 0.261 e. The maximum Gasteiger partial charge on any atom is 0.261 e. The molecule has 2 aliphatic rings. The van der Waals surface area contributed by atoms with Crippen molar-refractivity contribution in [1.82, 2.24) is 4.90 Å². The lowest BCUT2D eigenvalue weighted by molar-refractivity contribution is 0.0693. The highest BCUT2D eigenvalue weighted by molar-refractivity contribution is 6.21. The van der Waals surface area contributed by atoms with Crippen molar-refractivity contribution in [1.29, 1.82) is 0 Å². The Balaban J connectivity index is 1.95. The average Bonchev–Trinajstić information content (AvgIpc) is 2.69. The van der Waals surface area contributed by atoms with Crippen LogP contribution in [0.1, 0.15) is 41.0 Å². The van der Waals surface area contributed by atoms with Crippen LogP contribution in [-0.4, -0.2) is 42.4 Å². The lowest BCUT2D eigenvalue weighted by Gasteiger charge is -2.43. The Morgan fingerprint density at radius 3 is 2.52 bits per heavy atom. The van der Waals surface area contributed by atoms with Gasteiger partial charge in [0.1, 0.15) is 0 Å². The molecule has 0 saturated carbocycles. The quantitative estimate of drug-likeness (QED) is 0.794. The highest BCUT2D eigenvalue weighted by Crippen LogP contribution is 2.31. The van der Waals surface area contributed by atoms with Crippen molar-refractivity contribution in [2.75, 3.05) is 18.5 Å². The van der Waals surface area contributed by atoms with E-state index in [2.05, 4.69) is 18.7 Å². The number of piperidine rings is 1. The fraction of sp³-hybridized carbons (Fsp3) is 0.500. The van der Waals surface area contributed by atoms with Crippen LogP contribution in [0.2, 0.25) is 0 Å². The number of amides is 2. The molecular formula is C16H21N3O2. The summed E-state index contributed by atoms with van der Waals surface area (Å²) in [6.45, 7) is 5.21. The van der Waals surface area contributed by atoms with E-state index in [1.807, 2.05) is 12.1 Å². The summed E-state index contributed by atoms with van der Waals surface area (Å²) in [7, 11) is 1.52. The molecule has 1 saturated heterocycles. The van der Waals surface area contributed by atoms with Crippen molar-refractivity contribution in [2.45, 2.75) is 32.4 Å². The van der Waals surface area contributed by atoms with E-state index in [1.54, 1.807) is 6.07 Å². The molecule has 3 unspecified atom stereocenters. The van der Waals surface area contributed by atoms with Gasteiger partial charge in [-0.3, -0.25) is 14.5 Å². The standard InChI is InChI=1S/C16H21N3O2/c1-9-10(2)19(7-6-14(9)17)11-4-5-12-13(8-11)16(21)18(3)15(12)20/h4-5,8-10,14H,6-7,17H2,1-3H3. The molecule has 112 valence electrons. The Labute approximate surface area is 124 Å². The molecule has 2 aliphatic heterocycles. The molecule has 0 bridgehead atoms. The SMILES string of the molecule is CC1C(N)CCN(c2ccc3c(c2)C(=O)N(C)C3=O)C1C. The van der Waals surface area contributed by atoms with E-state index >= 15 is 0 Å². The minimum Gasteiger partial charge on any atom is -0.368 e. The highest BCUT2D eigenvalue weighted by atomic mass is 16.2. The van der Waals surface area contributed by atoms with Gasteiger partial charge in [0, 0.05) is 31.4 Å². The van der Waals surface area contributed by atoms with Crippen LogP contribution in [-0.2, 0) is 0 Å². The summed E-state index contributed by atoms with van der Waals surface area (Å²) in [6, 6.07) is 6.08. The first-order valence-corrected chi connectivity index (χ1v) is 7.40. The van der Waals surface area contributed by atoms with Crippen LogP contribution in [0.4, 0.5) is 5.69 Å². The van der Waals surface area contributed by atoms with E-state index in [9.17, 15) is 9.59 Å². The van der Waals surface area contributed by atoms with E-state index in [-0.39, 0.29) is 17.9 Å². The number of nitrogens with zero attached hydrogens (tertiary/aromatic N) is 2. The second-order valence-electron chi connectivity index (χ2n) is 6.14. The summed E-state index contributed by atoms with van der Waals surface area (Å²) in [6.07, 6.45) is 0.940. The summed E-state index contributed by atoms with van der Waals surface area (Å²) >= 11 is 0. The summed E-state index contributed by atoms with van der Waals surface area (Å²) < 4.78 is 0. The molecule has 5 nitrogen and oxygen atoms in total. The molecule has 0 aliphatic carbocycles. The van der Waals surface area contributed by atoms with Crippen molar-refractivity contribution < 1.29 is 9.59 Å². The average molecular weight is 287 g/mol. The van der Waals surface area contributed by atoms with Crippen LogP contribution in [0.5, 0.6) is 0 Å². The van der Waals surface area contributed by atoms with Crippen LogP contribution in [0.25, 0.3) is 0 Å². The molecule has 1 aromatic carbocycles. The van der Waals surface area contributed by atoms with Crippen molar-refractivity contribution in [3.8, 4) is 0 Å². The zero-order chi connectivity index (χ0) is 15.3. The summed E-state index contributed by atoms with van der Waals surface area (Å²) in [4.78, 5) is 27.5. The number of carbonyl (C=O) groups is 2. The second kappa shape index (κ2) is 4.84. The second-order valence-corrected chi connectivity index (χ2v) is 6.14. The zero-order valence-corrected chi connectivity index (χ0v) is 12.7. The third kappa shape index (κ3) is 2.03. The molecule has 2 N–H and O–H groups in total. The van der Waals surface area contributed by atoms with Crippen molar-refractivity contribution in [3.63, 3.8) is 0 Å². The molecule has 5 heteroatoms. The number of nitrogens with two attached hydrogens (primary N) is 1. The van der Waals surface area contributed by atoms with Gasteiger partial charge in [-0.1, -0.05) is 6.92 Å². The summed E-state index contributed by atoms with van der Waals surface area (Å²) in [5, 5.41) is 0. The molecule has 0 aromatic heterocycles. The minimum atomic E-state index is -0.219. The number of hydrogen-bond donors (Lipinski definition) is 1. The Bertz CT molecular complexity index is 614. The lowest BCUT2D eigenvalue weighted by atomic mass is 9.87. The molecular weight excluding hydrogens is 266 g/mol. The first kappa shape index (κ1) is 14.1. The first-order chi connectivity index (χ1) is 9.91. The number of fused-ring (bicyclic) bond motifs is 1. The van der Waals surface area contributed by atoms with E-state index in [0.29, 0.717) is 23.1 Å². The monoisotopic (exact) mass is 287 g/mol. The molecule has 2 heterocycles. The van der Waals surface area contributed by atoms with Gasteiger partial charge in [0.05, 0.1) is 11.1 Å². The van der Waals surface area contributed by atoms with Crippen LogP contribution in [0, 0.1) is 5.92 Å². The van der Waals surface area contributed by atoms with Crippen LogP contribution < -0.4 is 10.6 Å². The molecule has 0 spiro atoms. The number of benzene rings is 1. The van der Waals surface area contributed by atoms with E-state index in [4.69, 9.17) is 5.73 Å². The maximum absolute atomic E-state index is 12.1. The molecule has 2 amide bonds. The third-order valence-electron chi connectivity index (χ3n) is 5.04. The Morgan fingerprint density at radius 2 is 1.81 bits per heavy atom. The predicted octanol–water partition coefficient (Wildman–Crippen LogP) is 1.47. The lowest BCUT2D eigenvalue weighted by Crippen LogP contribution is -2.51. The maximum atomic E-state index is 12.1. The highest BCUT2D eigenvalue weighted by Gasteiger charge is 2.35. The van der Waals surface area contributed by atoms with Crippen LogP contribution >= 0.6 is 0 Å². The number of rotatable bonds is 1. The number of hydrogen-bond acceptors (Lipinski definition) is 4. The molecule has 0 radical (unpaired) electrons. The largest absolute Gasteiger partial charge is 0.368 e. The number of carbonyl (C=O) groups excluding carboxylic acids is 2. The van der Waals surface area contributed by atoms with E-state index < -0.39 is 0 Å². The fourth-order valence-electron chi connectivity index (χ4n) is 3.29. The van der Waals surface area contributed by atoms with Crippen molar-refractivity contribution >= 4 is 17.5 Å². The minimum absolute atomic E-state index is 0.216. The van der Waals surface area contributed by atoms with Crippen LogP contribution in [0.15, 0.2) is 18.2 Å². The van der Waals surface area contributed by atoms with E-state index in [1.165, 1.54) is 11.9 Å². The summed E-state index contributed by atoms with van der Waals surface area (Å²) in [5.74, 6) is -0.0399. The molecule has 1 fully saturated rings. The van der Waals surface area contributed by atoms with Gasteiger partial charge in [-0.25, -0.2) is 0 Å². The van der Waals surface area contributed by atoms with E-state index in [0.717, 1.165) is 18.7 Å². The Kier molecular flexibility index (Phi) is 3.24. The van der Waals surface area contributed by atoms with Crippen molar-refractivity contribution in [3.05, 3.63) is 29.3 Å². The van der Waals surface area contributed by atoms with Gasteiger partial charge in [0.15, 0.2) is 0 Å². The van der Waals surface area contributed by atoms with Crippen molar-refractivity contribution in [2.24, 2.45) is 11.7 Å².